The molecule has 0 aliphatic rings. The molecular weight excluding hydrogens is 234 g/mol. The van der Waals surface area contributed by atoms with Crippen LogP contribution in [0, 0.1) is 5.41 Å². The van der Waals surface area contributed by atoms with Crippen LogP contribution in [0.4, 0.5) is 0 Å². The predicted octanol–water partition coefficient (Wildman–Crippen LogP) is 4.12. The highest BCUT2D eigenvalue weighted by molar-refractivity contribution is 6.18. The van der Waals surface area contributed by atoms with Crippen LogP contribution in [0.15, 0.2) is 0 Å². The molecule has 0 spiro atoms. The van der Waals surface area contributed by atoms with Crippen molar-refractivity contribution in [1.82, 2.24) is 5.32 Å². The molecule has 3 heteroatoms. The predicted molar refractivity (Wildman–Crippen MR) is 75.5 cm³/mol. The maximum atomic E-state index is 11.6. The Bertz CT molecular complexity index is 194. The first kappa shape index (κ1) is 16.8. The molecular formula is C14H28ClNO. The van der Waals surface area contributed by atoms with Crippen LogP contribution in [-0.2, 0) is 4.79 Å². The Kier molecular flexibility index (Phi) is 9.62. The summed E-state index contributed by atoms with van der Waals surface area (Å²) in [7, 11) is 0. The molecule has 0 unspecified atom stereocenters. The molecule has 17 heavy (non-hydrogen) atoms. The molecule has 0 aliphatic carbocycles. The molecule has 0 radical (unpaired) electrons. The van der Waals surface area contributed by atoms with Gasteiger partial charge in [-0.1, -0.05) is 40.0 Å². The van der Waals surface area contributed by atoms with Crippen LogP contribution in [0.2, 0.25) is 0 Å². The average molecular weight is 262 g/mol. The summed E-state index contributed by atoms with van der Waals surface area (Å²) in [6, 6.07) is 0. The molecule has 0 saturated carbocycles. The molecule has 0 saturated heterocycles. The Labute approximate surface area is 111 Å². The van der Waals surface area contributed by atoms with Crippen LogP contribution in [-0.4, -0.2) is 18.3 Å². The number of nitrogens with one attached hydrogen (secondary N) is 1. The maximum Gasteiger partial charge on any atom is 0.220 e. The maximum absolute atomic E-state index is 11.6. The van der Waals surface area contributed by atoms with Crippen molar-refractivity contribution in [2.24, 2.45) is 5.41 Å². The molecule has 0 fully saturated rings. The monoisotopic (exact) mass is 261 g/mol. The van der Waals surface area contributed by atoms with Gasteiger partial charge in [0, 0.05) is 24.3 Å². The molecule has 2 nitrogen and oxygen atoms in total. The van der Waals surface area contributed by atoms with Crippen molar-refractivity contribution in [3.63, 3.8) is 0 Å². The van der Waals surface area contributed by atoms with E-state index in [1.54, 1.807) is 0 Å². The molecule has 102 valence electrons. The van der Waals surface area contributed by atoms with Crippen molar-refractivity contribution in [3.05, 3.63) is 0 Å². The number of hydrogen-bond acceptors (Lipinski definition) is 1. The number of halogens is 1. The summed E-state index contributed by atoms with van der Waals surface area (Å²) >= 11 is 6.00. The lowest BCUT2D eigenvalue weighted by Crippen LogP contribution is -2.38. The largest absolute Gasteiger partial charge is 0.356 e. The summed E-state index contributed by atoms with van der Waals surface area (Å²) in [6.07, 6.45) is 7.29. The van der Waals surface area contributed by atoms with E-state index in [9.17, 15) is 4.79 Å². The number of rotatable bonds is 10. The zero-order chi connectivity index (χ0) is 13.1. The van der Waals surface area contributed by atoms with Crippen LogP contribution in [0.5, 0.6) is 0 Å². The molecule has 0 bridgehead atoms. The fourth-order valence-electron chi connectivity index (χ4n) is 1.82. The number of amides is 1. The fourth-order valence-corrected chi connectivity index (χ4v) is 2.30. The highest BCUT2D eigenvalue weighted by atomic mass is 35.5. The van der Waals surface area contributed by atoms with E-state index < -0.39 is 0 Å². The van der Waals surface area contributed by atoms with E-state index >= 15 is 0 Å². The Balaban J connectivity index is 3.81. The third-order valence-electron chi connectivity index (χ3n) is 3.70. The number of unbranched alkanes of at least 4 members (excludes halogenated alkanes) is 3. The van der Waals surface area contributed by atoms with Crippen LogP contribution in [0.1, 0.15) is 65.7 Å². The molecule has 0 aromatic rings. The van der Waals surface area contributed by atoms with Gasteiger partial charge in [0.1, 0.15) is 0 Å². The number of alkyl halides is 1. The van der Waals surface area contributed by atoms with Gasteiger partial charge in [0.2, 0.25) is 5.91 Å². The van der Waals surface area contributed by atoms with Gasteiger partial charge < -0.3 is 5.32 Å². The lowest BCUT2D eigenvalue weighted by Gasteiger charge is -2.29. The Morgan fingerprint density at radius 2 is 1.76 bits per heavy atom. The highest BCUT2D eigenvalue weighted by Crippen LogP contribution is 2.26. The molecule has 1 amide bonds. The summed E-state index contributed by atoms with van der Waals surface area (Å²) in [5.74, 6) is 0.799. The fraction of sp³-hybridized carbons (Fsp3) is 0.929. The van der Waals surface area contributed by atoms with Crippen molar-refractivity contribution < 1.29 is 4.79 Å². The zero-order valence-corrected chi connectivity index (χ0v) is 12.4. The summed E-state index contributed by atoms with van der Waals surface area (Å²) in [5.41, 5.74) is 0.0840. The molecule has 0 aromatic carbocycles. The van der Waals surface area contributed by atoms with Gasteiger partial charge in [0.25, 0.3) is 0 Å². The Morgan fingerprint density at radius 3 is 2.24 bits per heavy atom. The van der Waals surface area contributed by atoms with Gasteiger partial charge in [0.15, 0.2) is 0 Å². The van der Waals surface area contributed by atoms with Gasteiger partial charge in [-0.05, 0) is 19.3 Å². The smallest absolute Gasteiger partial charge is 0.220 e. The molecule has 0 rings (SSSR count). The second-order valence-electron chi connectivity index (χ2n) is 4.93. The number of hydrogen-bond donors (Lipinski definition) is 1. The van der Waals surface area contributed by atoms with E-state index in [-0.39, 0.29) is 11.3 Å². The molecule has 0 heterocycles. The summed E-state index contributed by atoms with van der Waals surface area (Å²) < 4.78 is 0. The summed E-state index contributed by atoms with van der Waals surface area (Å²) in [4.78, 5) is 11.6. The zero-order valence-electron chi connectivity index (χ0n) is 11.7. The van der Waals surface area contributed by atoms with E-state index in [0.717, 1.165) is 32.2 Å². The molecule has 0 aromatic heterocycles. The lowest BCUT2D eigenvalue weighted by atomic mass is 9.84. The highest BCUT2D eigenvalue weighted by Gasteiger charge is 2.25. The third kappa shape index (κ3) is 6.92. The van der Waals surface area contributed by atoms with Crippen molar-refractivity contribution in [2.45, 2.75) is 65.7 Å². The molecule has 1 N–H and O–H groups in total. The topological polar surface area (TPSA) is 29.1 Å². The minimum atomic E-state index is 0.0840. The van der Waals surface area contributed by atoms with Crippen molar-refractivity contribution in [2.75, 3.05) is 12.4 Å². The van der Waals surface area contributed by atoms with Crippen molar-refractivity contribution in [1.29, 1.82) is 0 Å². The third-order valence-corrected chi connectivity index (χ3v) is 4.27. The number of carbonyl (C=O) groups excluding carboxylic acids is 1. The molecule has 0 atom stereocenters. The van der Waals surface area contributed by atoms with E-state index in [1.807, 2.05) is 0 Å². The Morgan fingerprint density at radius 1 is 1.12 bits per heavy atom. The van der Waals surface area contributed by atoms with Crippen molar-refractivity contribution in [3.8, 4) is 0 Å². The van der Waals surface area contributed by atoms with E-state index in [4.69, 9.17) is 11.6 Å². The van der Waals surface area contributed by atoms with Crippen LogP contribution in [0.3, 0.4) is 0 Å². The normalized spacial score (nSPS) is 11.5. The first-order chi connectivity index (χ1) is 8.14. The van der Waals surface area contributed by atoms with Crippen LogP contribution >= 0.6 is 11.6 Å². The van der Waals surface area contributed by atoms with Crippen molar-refractivity contribution >= 4 is 17.5 Å². The summed E-state index contributed by atoms with van der Waals surface area (Å²) in [6.45, 7) is 7.17. The SMILES string of the molecule is CCCCCCC(=O)NCC(CC)(CC)CCl. The van der Waals surface area contributed by atoms with E-state index in [0.29, 0.717) is 12.3 Å². The summed E-state index contributed by atoms with van der Waals surface area (Å²) in [5, 5.41) is 3.03. The van der Waals surface area contributed by atoms with Gasteiger partial charge in [0.05, 0.1) is 0 Å². The standard InChI is InChI=1S/C14H28ClNO/c1-4-7-8-9-10-13(17)16-12-14(5-2,6-3)11-15/h4-12H2,1-3H3,(H,16,17). The van der Waals surface area contributed by atoms with Gasteiger partial charge in [-0.25, -0.2) is 0 Å². The number of carbonyl (C=O) groups is 1. The first-order valence-electron chi connectivity index (χ1n) is 6.96. The Hall–Kier alpha value is -0.240. The lowest BCUT2D eigenvalue weighted by molar-refractivity contribution is -0.121. The van der Waals surface area contributed by atoms with Gasteiger partial charge in [-0.2, -0.15) is 0 Å². The van der Waals surface area contributed by atoms with Crippen LogP contribution < -0.4 is 5.32 Å². The van der Waals surface area contributed by atoms with E-state index in [1.165, 1.54) is 12.8 Å². The van der Waals surface area contributed by atoms with Gasteiger partial charge in [-0.3, -0.25) is 4.79 Å². The quantitative estimate of drug-likeness (QED) is 0.465. The van der Waals surface area contributed by atoms with Gasteiger partial charge in [-0.15, -0.1) is 11.6 Å². The second kappa shape index (κ2) is 9.76. The van der Waals surface area contributed by atoms with E-state index in [2.05, 4.69) is 26.1 Å². The average Bonchev–Trinajstić information content (AvgIpc) is 2.37. The minimum absolute atomic E-state index is 0.0840. The van der Waals surface area contributed by atoms with Gasteiger partial charge >= 0.3 is 0 Å². The minimum Gasteiger partial charge on any atom is -0.356 e. The molecule has 0 aliphatic heterocycles. The second-order valence-corrected chi connectivity index (χ2v) is 5.20. The first-order valence-corrected chi connectivity index (χ1v) is 7.50. The van der Waals surface area contributed by atoms with Crippen LogP contribution in [0.25, 0.3) is 0 Å².